The fraction of sp³-hybridized carbons (Fsp3) is 0.200. The molecule has 0 aliphatic heterocycles. The van der Waals surface area contributed by atoms with Crippen molar-refractivity contribution in [3.05, 3.63) is 46.3 Å². The molecule has 16 heavy (non-hydrogen) atoms. The van der Waals surface area contributed by atoms with Gasteiger partial charge < -0.3 is 4.42 Å². The maximum absolute atomic E-state index is 5.50. The number of aryl methyl sites for hydroxylation is 1. The molecule has 1 atom stereocenters. The molecule has 0 aromatic carbocycles. The fourth-order valence-electron chi connectivity index (χ4n) is 1.36. The predicted octanol–water partition coefficient (Wildman–Crippen LogP) is 1.69. The van der Waals surface area contributed by atoms with Gasteiger partial charge in [0.15, 0.2) is 0 Å². The minimum absolute atomic E-state index is 0.308. The largest absolute Gasteiger partial charge is 0.466 e. The smallest absolute Gasteiger partial charge is 0.142 e. The zero-order chi connectivity index (χ0) is 11.5. The average Bonchev–Trinajstić information content (AvgIpc) is 2.69. The summed E-state index contributed by atoms with van der Waals surface area (Å²) < 4.78 is 6.19. The lowest BCUT2D eigenvalue weighted by atomic mass is 10.2. The number of halogens is 1. The van der Waals surface area contributed by atoms with E-state index in [1.165, 1.54) is 0 Å². The van der Waals surface area contributed by atoms with Crippen molar-refractivity contribution in [3.63, 3.8) is 0 Å². The van der Waals surface area contributed by atoms with Crippen molar-refractivity contribution in [2.45, 2.75) is 13.0 Å². The van der Waals surface area contributed by atoms with Gasteiger partial charge >= 0.3 is 0 Å². The highest BCUT2D eigenvalue weighted by atomic mass is 79.9. The molecule has 0 spiro atoms. The summed E-state index contributed by atoms with van der Waals surface area (Å²) in [6.07, 6.45) is 4.96. The molecule has 2 aromatic rings. The van der Waals surface area contributed by atoms with Crippen molar-refractivity contribution in [2.24, 2.45) is 5.84 Å². The maximum Gasteiger partial charge on any atom is 0.142 e. The van der Waals surface area contributed by atoms with Crippen LogP contribution < -0.4 is 11.3 Å². The number of rotatable bonds is 3. The van der Waals surface area contributed by atoms with Crippen molar-refractivity contribution in [2.75, 3.05) is 0 Å². The summed E-state index contributed by atoms with van der Waals surface area (Å²) in [6, 6.07) is 1.50. The van der Waals surface area contributed by atoms with Gasteiger partial charge in [-0.05, 0) is 28.9 Å². The fourth-order valence-corrected chi connectivity index (χ4v) is 1.79. The maximum atomic E-state index is 5.50. The van der Waals surface area contributed by atoms with E-state index in [2.05, 4.69) is 31.3 Å². The first-order valence-corrected chi connectivity index (χ1v) is 5.49. The van der Waals surface area contributed by atoms with Gasteiger partial charge in [0, 0.05) is 6.20 Å². The topological polar surface area (TPSA) is 77.0 Å². The van der Waals surface area contributed by atoms with Crippen LogP contribution in [0.5, 0.6) is 0 Å². The molecule has 6 heteroatoms. The Labute approximate surface area is 101 Å². The lowest BCUT2D eigenvalue weighted by Gasteiger charge is -2.12. The normalized spacial score (nSPS) is 12.7. The van der Waals surface area contributed by atoms with Gasteiger partial charge in [0.1, 0.15) is 11.8 Å². The third-order valence-corrected chi connectivity index (χ3v) is 2.83. The molecule has 0 saturated heterocycles. The Kier molecular flexibility index (Phi) is 3.33. The zero-order valence-corrected chi connectivity index (χ0v) is 10.2. The number of hydrogen-bond acceptors (Lipinski definition) is 5. The molecule has 1 unspecified atom stereocenters. The molecule has 2 aromatic heterocycles. The van der Waals surface area contributed by atoms with E-state index in [4.69, 9.17) is 10.3 Å². The quantitative estimate of drug-likeness (QED) is 0.662. The van der Waals surface area contributed by atoms with Crippen LogP contribution in [0.25, 0.3) is 0 Å². The molecule has 3 N–H and O–H groups in total. The Morgan fingerprint density at radius 1 is 1.44 bits per heavy atom. The van der Waals surface area contributed by atoms with Gasteiger partial charge in [-0.3, -0.25) is 15.8 Å². The lowest BCUT2D eigenvalue weighted by Crippen LogP contribution is -2.29. The van der Waals surface area contributed by atoms with E-state index in [-0.39, 0.29) is 6.04 Å². The monoisotopic (exact) mass is 282 g/mol. The van der Waals surface area contributed by atoms with Crippen molar-refractivity contribution in [1.29, 1.82) is 0 Å². The van der Waals surface area contributed by atoms with Gasteiger partial charge in [-0.15, -0.1) is 0 Å². The highest BCUT2D eigenvalue weighted by Crippen LogP contribution is 2.27. The van der Waals surface area contributed by atoms with Crippen molar-refractivity contribution >= 4 is 15.9 Å². The summed E-state index contributed by atoms with van der Waals surface area (Å²) in [7, 11) is 0. The van der Waals surface area contributed by atoms with Crippen LogP contribution in [-0.4, -0.2) is 9.97 Å². The Hall–Kier alpha value is -1.24. The summed E-state index contributed by atoms with van der Waals surface area (Å²) >= 11 is 3.38. The van der Waals surface area contributed by atoms with Gasteiger partial charge in [0.2, 0.25) is 0 Å². The summed E-state index contributed by atoms with van der Waals surface area (Å²) in [5.74, 6) is 6.19. The minimum atomic E-state index is -0.308. The first-order valence-electron chi connectivity index (χ1n) is 4.70. The summed E-state index contributed by atoms with van der Waals surface area (Å²) in [5, 5.41) is 0. The first kappa shape index (κ1) is 11.3. The molecule has 0 fully saturated rings. The molecule has 0 saturated carbocycles. The van der Waals surface area contributed by atoms with Gasteiger partial charge in [-0.2, -0.15) is 0 Å². The molecule has 0 aliphatic rings. The lowest BCUT2D eigenvalue weighted by molar-refractivity contribution is 0.444. The highest BCUT2D eigenvalue weighted by Gasteiger charge is 2.20. The Balaban J connectivity index is 2.37. The Morgan fingerprint density at radius 3 is 2.75 bits per heavy atom. The van der Waals surface area contributed by atoms with Crippen LogP contribution >= 0.6 is 15.9 Å². The van der Waals surface area contributed by atoms with E-state index in [1.54, 1.807) is 24.7 Å². The number of nitrogens with two attached hydrogens (primary N) is 1. The molecule has 0 bridgehead atoms. The molecule has 2 heterocycles. The molecule has 2 rings (SSSR count). The molecular formula is C10H11BrN4O. The molecule has 0 amide bonds. The summed E-state index contributed by atoms with van der Waals surface area (Å²) in [6.45, 7) is 1.88. The molecule has 84 valence electrons. The van der Waals surface area contributed by atoms with Crippen LogP contribution in [0.4, 0.5) is 0 Å². The standard InChI is InChI=1S/C10H11BrN4O/c1-6-4-14-8(5-13-6)9(15-12)10-7(11)2-3-16-10/h2-5,9,15H,12H2,1H3. The van der Waals surface area contributed by atoms with Crippen LogP contribution in [0.1, 0.15) is 23.2 Å². The van der Waals surface area contributed by atoms with Crippen LogP contribution in [0.3, 0.4) is 0 Å². The summed E-state index contributed by atoms with van der Waals surface area (Å²) in [4.78, 5) is 8.43. The van der Waals surface area contributed by atoms with E-state index in [9.17, 15) is 0 Å². The van der Waals surface area contributed by atoms with Crippen LogP contribution in [0, 0.1) is 6.92 Å². The summed E-state index contributed by atoms with van der Waals surface area (Å²) in [5.41, 5.74) is 4.23. The third-order valence-electron chi connectivity index (χ3n) is 2.17. The molecule has 5 nitrogen and oxygen atoms in total. The predicted molar refractivity (Wildman–Crippen MR) is 62.3 cm³/mol. The second-order valence-electron chi connectivity index (χ2n) is 3.32. The molecular weight excluding hydrogens is 272 g/mol. The third kappa shape index (κ3) is 2.13. The number of hydrazine groups is 1. The Morgan fingerprint density at radius 2 is 2.25 bits per heavy atom. The van der Waals surface area contributed by atoms with E-state index in [0.717, 1.165) is 10.2 Å². The van der Waals surface area contributed by atoms with Crippen molar-refractivity contribution in [1.82, 2.24) is 15.4 Å². The second kappa shape index (κ2) is 4.73. The van der Waals surface area contributed by atoms with Crippen LogP contribution in [-0.2, 0) is 0 Å². The number of furan rings is 1. The van der Waals surface area contributed by atoms with E-state index in [1.807, 2.05) is 6.92 Å². The Bertz CT molecular complexity index is 468. The second-order valence-corrected chi connectivity index (χ2v) is 4.17. The number of hydrogen-bond donors (Lipinski definition) is 2. The van der Waals surface area contributed by atoms with Gasteiger partial charge in [0.25, 0.3) is 0 Å². The molecule has 0 aliphatic carbocycles. The van der Waals surface area contributed by atoms with Crippen LogP contribution in [0.15, 0.2) is 33.6 Å². The van der Waals surface area contributed by atoms with Crippen molar-refractivity contribution < 1.29 is 4.42 Å². The van der Waals surface area contributed by atoms with Crippen molar-refractivity contribution in [3.8, 4) is 0 Å². The highest BCUT2D eigenvalue weighted by molar-refractivity contribution is 9.10. The number of nitrogens with zero attached hydrogens (tertiary/aromatic N) is 2. The van der Waals surface area contributed by atoms with E-state index < -0.39 is 0 Å². The zero-order valence-electron chi connectivity index (χ0n) is 8.64. The number of aromatic nitrogens is 2. The van der Waals surface area contributed by atoms with Gasteiger partial charge in [-0.1, -0.05) is 0 Å². The van der Waals surface area contributed by atoms with E-state index >= 15 is 0 Å². The van der Waals surface area contributed by atoms with Gasteiger partial charge in [0.05, 0.1) is 28.3 Å². The number of nitrogens with one attached hydrogen (secondary N) is 1. The first-order chi connectivity index (χ1) is 7.72. The SMILES string of the molecule is Cc1cnc(C(NN)c2occc2Br)cn1. The van der Waals surface area contributed by atoms with Crippen LogP contribution in [0.2, 0.25) is 0 Å². The van der Waals surface area contributed by atoms with Gasteiger partial charge in [-0.25, -0.2) is 5.43 Å². The average molecular weight is 283 g/mol. The molecule has 0 radical (unpaired) electrons. The minimum Gasteiger partial charge on any atom is -0.466 e. The van der Waals surface area contributed by atoms with E-state index in [0.29, 0.717) is 11.5 Å².